The summed E-state index contributed by atoms with van der Waals surface area (Å²) >= 11 is 12.3. The maximum Gasteiger partial charge on any atom is 0.442 e. The van der Waals surface area contributed by atoms with Crippen LogP contribution in [0, 0.1) is 0 Å². The van der Waals surface area contributed by atoms with Gasteiger partial charge in [0, 0.05) is 11.5 Å². The molecule has 0 aliphatic carbocycles. The first-order chi connectivity index (χ1) is 15.4. The van der Waals surface area contributed by atoms with E-state index in [0.29, 0.717) is 28.1 Å². The van der Waals surface area contributed by atoms with Crippen LogP contribution in [-0.4, -0.2) is 33.6 Å². The molecule has 1 heterocycles. The number of carbonyl (C=O) groups is 1. The average Bonchev–Trinajstić information content (AvgIpc) is 3.11. The summed E-state index contributed by atoms with van der Waals surface area (Å²) in [5, 5.41) is 13.1. The van der Waals surface area contributed by atoms with E-state index in [4.69, 9.17) is 42.2 Å². The maximum atomic E-state index is 12.1. The van der Waals surface area contributed by atoms with Gasteiger partial charge in [0.1, 0.15) is 11.5 Å². The summed E-state index contributed by atoms with van der Waals surface area (Å²) in [4.78, 5) is 22.1. The highest BCUT2D eigenvalue weighted by Gasteiger charge is 2.24. The van der Waals surface area contributed by atoms with Gasteiger partial charge < -0.3 is 19.0 Å². The van der Waals surface area contributed by atoms with Gasteiger partial charge in [-0.15, -0.1) is 5.10 Å². The van der Waals surface area contributed by atoms with Crippen molar-refractivity contribution in [1.82, 2.24) is 9.78 Å². The fourth-order valence-corrected chi connectivity index (χ4v) is 2.93. The Morgan fingerprint density at radius 3 is 2.30 bits per heavy atom. The van der Waals surface area contributed by atoms with E-state index in [1.54, 1.807) is 30.3 Å². The van der Waals surface area contributed by atoms with Gasteiger partial charge in [-0.1, -0.05) is 62.2 Å². The van der Waals surface area contributed by atoms with E-state index in [1.807, 2.05) is 40.7 Å². The van der Waals surface area contributed by atoms with Gasteiger partial charge in [-0.25, -0.2) is 9.59 Å². The second-order valence-electron chi connectivity index (χ2n) is 8.23. The Labute approximate surface area is 201 Å². The summed E-state index contributed by atoms with van der Waals surface area (Å²) in [5.41, 5.74) is -0.0217. The van der Waals surface area contributed by atoms with Crippen molar-refractivity contribution in [2.24, 2.45) is 0 Å². The second-order valence-corrected chi connectivity index (χ2v) is 9.05. The number of nitrogens with zero attached hydrogens (tertiary/aromatic N) is 2. The molecule has 0 atom stereocenters. The van der Waals surface area contributed by atoms with Crippen LogP contribution in [0.25, 0.3) is 5.69 Å². The quantitative estimate of drug-likeness (QED) is 0.489. The van der Waals surface area contributed by atoms with Crippen molar-refractivity contribution in [2.45, 2.75) is 46.1 Å². The summed E-state index contributed by atoms with van der Waals surface area (Å²) in [6.45, 7) is 9.18. The molecule has 0 fully saturated rings. The molecule has 3 aromatic rings. The third kappa shape index (κ3) is 7.83. The molecule has 10 heteroatoms. The van der Waals surface area contributed by atoms with Crippen molar-refractivity contribution in [3.05, 3.63) is 69.0 Å². The van der Waals surface area contributed by atoms with Gasteiger partial charge in [-0.2, -0.15) is 4.68 Å². The largest absolute Gasteiger partial charge is 0.489 e. The lowest BCUT2D eigenvalue weighted by molar-refractivity contribution is -0.139. The Hall–Kier alpha value is -2.97. The number of hydrogen-bond donors (Lipinski definition) is 1. The van der Waals surface area contributed by atoms with E-state index in [0.717, 1.165) is 4.68 Å². The second kappa shape index (κ2) is 11.2. The molecule has 0 aliphatic rings. The van der Waals surface area contributed by atoms with Crippen LogP contribution in [0.5, 0.6) is 11.5 Å². The minimum atomic E-state index is -0.964. The summed E-state index contributed by atoms with van der Waals surface area (Å²) in [7, 11) is 0. The fourth-order valence-electron chi connectivity index (χ4n) is 2.42. The number of aliphatic carboxylic acids is 1. The van der Waals surface area contributed by atoms with Gasteiger partial charge >= 0.3 is 11.7 Å². The van der Waals surface area contributed by atoms with Gasteiger partial charge in [0.15, 0.2) is 6.61 Å². The number of para-hydroxylation sites is 1. The number of hydrogen-bond acceptors (Lipinski definition) is 6. The number of carboxylic acid groups (broad SMARTS) is 1. The van der Waals surface area contributed by atoms with E-state index < -0.39 is 11.7 Å². The number of carboxylic acids is 1. The standard InChI is InChI=1S/C15H18Cl2N2O3.C8H8O3/c1-8(2)21-12-7-11(9(16)6-10(12)17)19-14(20)22-13(18-19)15(3,4)5;9-8(10)6-11-7-4-2-1-3-5-7/h6-8H,1-5H3;1-5H,6H2,(H,9,10). The Morgan fingerprint density at radius 1 is 1.15 bits per heavy atom. The number of ether oxygens (including phenoxy) is 2. The normalized spacial score (nSPS) is 11.0. The molecule has 0 saturated carbocycles. The van der Waals surface area contributed by atoms with Crippen LogP contribution in [0.3, 0.4) is 0 Å². The SMILES string of the molecule is CC(C)Oc1cc(-n2nc(C(C)(C)C)oc2=O)c(Cl)cc1Cl.O=C(O)COc1ccccc1. The molecule has 0 unspecified atom stereocenters. The van der Waals surface area contributed by atoms with Crippen LogP contribution in [-0.2, 0) is 10.2 Å². The fraction of sp³-hybridized carbons (Fsp3) is 0.348. The Morgan fingerprint density at radius 2 is 1.79 bits per heavy atom. The molecule has 0 aliphatic heterocycles. The molecule has 1 aromatic heterocycles. The smallest absolute Gasteiger partial charge is 0.442 e. The molecule has 0 amide bonds. The first-order valence-corrected chi connectivity index (χ1v) is 10.8. The Kier molecular flexibility index (Phi) is 8.96. The van der Waals surface area contributed by atoms with Gasteiger partial charge in [-0.05, 0) is 32.0 Å². The highest BCUT2D eigenvalue weighted by atomic mass is 35.5. The monoisotopic (exact) mass is 496 g/mol. The van der Waals surface area contributed by atoms with E-state index in [2.05, 4.69) is 5.10 Å². The third-order valence-electron chi connectivity index (χ3n) is 3.89. The molecule has 8 nitrogen and oxygen atoms in total. The highest BCUT2D eigenvalue weighted by Crippen LogP contribution is 2.33. The van der Waals surface area contributed by atoms with Gasteiger partial charge in [0.25, 0.3) is 0 Å². The van der Waals surface area contributed by atoms with Crippen LogP contribution in [0.1, 0.15) is 40.5 Å². The van der Waals surface area contributed by atoms with E-state index in [-0.39, 0.29) is 23.1 Å². The highest BCUT2D eigenvalue weighted by molar-refractivity contribution is 6.36. The molecule has 0 spiro atoms. The van der Waals surface area contributed by atoms with Crippen molar-refractivity contribution in [1.29, 1.82) is 0 Å². The van der Waals surface area contributed by atoms with E-state index >= 15 is 0 Å². The zero-order valence-electron chi connectivity index (χ0n) is 19.0. The first kappa shape index (κ1) is 26.3. The zero-order valence-corrected chi connectivity index (χ0v) is 20.5. The lowest BCUT2D eigenvalue weighted by Gasteiger charge is -2.13. The first-order valence-electron chi connectivity index (χ1n) is 10.0. The molecule has 2 aromatic carbocycles. The number of benzene rings is 2. The van der Waals surface area contributed by atoms with E-state index in [9.17, 15) is 9.59 Å². The predicted molar refractivity (Wildman–Crippen MR) is 126 cm³/mol. The summed E-state index contributed by atoms with van der Waals surface area (Å²) < 4.78 is 16.8. The van der Waals surface area contributed by atoms with Gasteiger partial charge in [0.2, 0.25) is 5.89 Å². The van der Waals surface area contributed by atoms with Crippen LogP contribution in [0.4, 0.5) is 0 Å². The molecule has 0 bridgehead atoms. The van der Waals surface area contributed by atoms with Crippen molar-refractivity contribution in [3.8, 4) is 17.2 Å². The van der Waals surface area contributed by atoms with Crippen molar-refractivity contribution in [3.63, 3.8) is 0 Å². The molecule has 178 valence electrons. The molecular weight excluding hydrogens is 471 g/mol. The lowest BCUT2D eigenvalue weighted by atomic mass is 9.97. The summed E-state index contributed by atoms with van der Waals surface area (Å²) in [5.74, 6) is -0.230. The zero-order chi connectivity index (χ0) is 24.8. The summed E-state index contributed by atoms with van der Waals surface area (Å²) in [6, 6.07) is 11.9. The van der Waals surface area contributed by atoms with Crippen LogP contribution < -0.4 is 15.2 Å². The van der Waals surface area contributed by atoms with Crippen LogP contribution in [0.2, 0.25) is 10.0 Å². The minimum absolute atomic E-state index is 0.0642. The molecule has 33 heavy (non-hydrogen) atoms. The summed E-state index contributed by atoms with van der Waals surface area (Å²) in [6.07, 6.45) is -0.0642. The lowest BCUT2D eigenvalue weighted by Crippen LogP contribution is -2.15. The third-order valence-corrected chi connectivity index (χ3v) is 4.49. The predicted octanol–water partition coefficient (Wildman–Crippen LogP) is 5.37. The average molecular weight is 497 g/mol. The van der Waals surface area contributed by atoms with Gasteiger partial charge in [0.05, 0.1) is 21.8 Å². The molecule has 1 N–H and O–H groups in total. The minimum Gasteiger partial charge on any atom is -0.489 e. The van der Waals surface area contributed by atoms with Crippen LogP contribution in [0.15, 0.2) is 51.7 Å². The molecule has 0 radical (unpaired) electrons. The van der Waals surface area contributed by atoms with Crippen molar-refractivity contribution in [2.75, 3.05) is 6.61 Å². The number of rotatable bonds is 6. The van der Waals surface area contributed by atoms with E-state index in [1.165, 1.54) is 6.07 Å². The molecule has 0 saturated heterocycles. The van der Waals surface area contributed by atoms with Crippen molar-refractivity contribution < 1.29 is 23.8 Å². The molecule has 3 rings (SSSR count). The number of halogens is 2. The molecular formula is C23H26Cl2N2O6. The van der Waals surface area contributed by atoms with Crippen molar-refractivity contribution >= 4 is 29.2 Å². The number of aromatic nitrogens is 2. The van der Waals surface area contributed by atoms with Crippen LogP contribution >= 0.6 is 23.2 Å². The topological polar surface area (TPSA) is 104 Å². The Balaban J connectivity index is 0.000000294. The van der Waals surface area contributed by atoms with Gasteiger partial charge in [-0.3, -0.25) is 0 Å². The Bertz CT molecular complexity index is 1130. The maximum absolute atomic E-state index is 12.1.